The number of hydrogen-bond acceptors (Lipinski definition) is 5. The number of thiophene rings is 2. The SMILES string of the molecule is CCC1(CC)c2cc(/C=C(/C#N)C(=O)O)sc2-c2sc(-c3ccc(N(c4ccccc4)c4ccccc4)cc3)cc21. The van der Waals surface area contributed by atoms with Gasteiger partial charge in [0, 0.05) is 42.0 Å². The van der Waals surface area contributed by atoms with Crippen LogP contribution in [0.15, 0.2) is 103 Å². The molecule has 0 saturated heterocycles. The Morgan fingerprint density at radius 1 is 0.829 bits per heavy atom. The van der Waals surface area contributed by atoms with Crippen molar-refractivity contribution in [1.29, 1.82) is 5.26 Å². The lowest BCUT2D eigenvalue weighted by Gasteiger charge is -2.28. The number of rotatable bonds is 8. The highest BCUT2D eigenvalue weighted by Gasteiger charge is 2.43. The van der Waals surface area contributed by atoms with Crippen molar-refractivity contribution < 1.29 is 9.90 Å². The fourth-order valence-corrected chi connectivity index (χ4v) is 8.50. The quantitative estimate of drug-likeness (QED) is 0.148. The monoisotopic (exact) mass is 572 g/mol. The molecule has 6 heteroatoms. The van der Waals surface area contributed by atoms with Crippen LogP contribution in [-0.4, -0.2) is 11.1 Å². The summed E-state index contributed by atoms with van der Waals surface area (Å²) < 4.78 is 0. The van der Waals surface area contributed by atoms with E-state index in [0.29, 0.717) is 0 Å². The van der Waals surface area contributed by atoms with Crippen LogP contribution in [0.2, 0.25) is 0 Å². The van der Waals surface area contributed by atoms with E-state index in [2.05, 4.69) is 104 Å². The summed E-state index contributed by atoms with van der Waals surface area (Å²) in [6.45, 7) is 4.45. The Labute approximate surface area is 248 Å². The largest absolute Gasteiger partial charge is 0.477 e. The Balaban J connectivity index is 1.39. The Morgan fingerprint density at radius 2 is 1.37 bits per heavy atom. The van der Waals surface area contributed by atoms with E-state index in [0.717, 1.165) is 34.8 Å². The molecule has 1 aliphatic rings. The molecule has 0 radical (unpaired) electrons. The number of benzene rings is 3. The van der Waals surface area contributed by atoms with Crippen molar-refractivity contribution in [3.63, 3.8) is 0 Å². The number of aliphatic carboxylic acids is 1. The van der Waals surface area contributed by atoms with Gasteiger partial charge in [0.1, 0.15) is 11.6 Å². The Kier molecular flexibility index (Phi) is 7.08. The van der Waals surface area contributed by atoms with Gasteiger partial charge in [-0.1, -0.05) is 62.4 Å². The molecule has 6 rings (SSSR count). The third-order valence-corrected chi connectivity index (χ3v) is 10.4. The van der Waals surface area contributed by atoms with Gasteiger partial charge in [0.2, 0.25) is 0 Å². The van der Waals surface area contributed by atoms with Gasteiger partial charge in [-0.05, 0) is 84.1 Å². The van der Waals surface area contributed by atoms with Crippen LogP contribution in [0.5, 0.6) is 0 Å². The van der Waals surface area contributed by atoms with Gasteiger partial charge in [-0.2, -0.15) is 5.26 Å². The summed E-state index contributed by atoms with van der Waals surface area (Å²) in [6.07, 6.45) is 3.40. The second kappa shape index (κ2) is 10.9. The molecule has 2 heterocycles. The number of anilines is 3. The molecule has 0 aliphatic heterocycles. The fourth-order valence-electron chi connectivity index (χ4n) is 5.88. The Morgan fingerprint density at radius 3 is 1.90 bits per heavy atom. The molecule has 41 heavy (non-hydrogen) atoms. The van der Waals surface area contributed by atoms with Crippen molar-refractivity contribution in [2.45, 2.75) is 32.1 Å². The minimum absolute atomic E-state index is 0.116. The van der Waals surface area contributed by atoms with Gasteiger partial charge in [-0.3, -0.25) is 0 Å². The predicted octanol–water partition coefficient (Wildman–Crippen LogP) is 10.0. The van der Waals surface area contributed by atoms with Crippen molar-refractivity contribution in [3.8, 4) is 26.3 Å². The van der Waals surface area contributed by atoms with Gasteiger partial charge in [0.25, 0.3) is 0 Å². The van der Waals surface area contributed by atoms with Gasteiger partial charge >= 0.3 is 5.97 Å². The third kappa shape index (κ3) is 4.58. The number of carboxylic acid groups (broad SMARTS) is 1. The Bertz CT molecular complexity index is 1750. The van der Waals surface area contributed by atoms with Crippen LogP contribution in [-0.2, 0) is 10.2 Å². The van der Waals surface area contributed by atoms with E-state index < -0.39 is 5.97 Å². The van der Waals surface area contributed by atoms with Crippen molar-refractivity contribution in [2.24, 2.45) is 0 Å². The van der Waals surface area contributed by atoms with Crippen LogP contribution in [0.3, 0.4) is 0 Å². The topological polar surface area (TPSA) is 64.3 Å². The van der Waals surface area contributed by atoms with Crippen LogP contribution in [0, 0.1) is 11.3 Å². The minimum Gasteiger partial charge on any atom is -0.477 e. The molecule has 0 amide bonds. The maximum atomic E-state index is 11.4. The van der Waals surface area contributed by atoms with Gasteiger partial charge in [-0.15, -0.1) is 22.7 Å². The maximum absolute atomic E-state index is 11.4. The highest BCUT2D eigenvalue weighted by molar-refractivity contribution is 7.24. The van der Waals surface area contributed by atoms with Crippen molar-refractivity contribution >= 4 is 51.8 Å². The first-order valence-corrected chi connectivity index (χ1v) is 15.3. The number of fused-ring (bicyclic) bond motifs is 3. The van der Waals surface area contributed by atoms with Crippen LogP contribution in [0.4, 0.5) is 17.1 Å². The molecule has 0 bridgehead atoms. The van der Waals surface area contributed by atoms with Crippen molar-refractivity contribution in [2.75, 3.05) is 4.90 Å². The van der Waals surface area contributed by atoms with Gasteiger partial charge in [-0.25, -0.2) is 4.79 Å². The van der Waals surface area contributed by atoms with Gasteiger partial charge in [0.05, 0.1) is 0 Å². The molecule has 0 unspecified atom stereocenters. The lowest BCUT2D eigenvalue weighted by atomic mass is 9.75. The summed E-state index contributed by atoms with van der Waals surface area (Å²) >= 11 is 3.38. The minimum atomic E-state index is -1.20. The summed E-state index contributed by atoms with van der Waals surface area (Å²) in [7, 11) is 0. The second-order valence-electron chi connectivity index (χ2n) is 10.1. The summed E-state index contributed by atoms with van der Waals surface area (Å²) in [6, 6.07) is 35.8. The molecule has 5 aromatic rings. The number of carboxylic acids is 1. The average molecular weight is 573 g/mol. The molecule has 2 aromatic heterocycles. The lowest BCUT2D eigenvalue weighted by molar-refractivity contribution is -0.132. The average Bonchev–Trinajstić information content (AvgIpc) is 3.69. The molecule has 0 fully saturated rings. The third-order valence-electron chi connectivity index (χ3n) is 8.00. The highest BCUT2D eigenvalue weighted by Crippen LogP contribution is 2.59. The molecular weight excluding hydrogens is 545 g/mol. The van der Waals surface area contributed by atoms with Gasteiger partial charge in [0.15, 0.2) is 0 Å². The first-order chi connectivity index (χ1) is 20.0. The maximum Gasteiger partial charge on any atom is 0.346 e. The number of nitriles is 1. The first kappa shape index (κ1) is 26.8. The van der Waals surface area contributed by atoms with Crippen LogP contribution < -0.4 is 4.90 Å². The van der Waals surface area contributed by atoms with E-state index in [1.165, 1.54) is 37.4 Å². The van der Waals surface area contributed by atoms with E-state index in [-0.39, 0.29) is 11.0 Å². The molecule has 202 valence electrons. The second-order valence-corrected chi connectivity index (χ2v) is 12.2. The summed E-state index contributed by atoms with van der Waals surface area (Å²) in [5, 5.41) is 18.6. The summed E-state index contributed by atoms with van der Waals surface area (Å²) in [4.78, 5) is 18.2. The molecule has 1 aliphatic carbocycles. The fraction of sp³-hybridized carbons (Fsp3) is 0.143. The van der Waals surface area contributed by atoms with E-state index in [1.807, 2.05) is 18.2 Å². The highest BCUT2D eigenvalue weighted by atomic mass is 32.1. The lowest BCUT2D eigenvalue weighted by Crippen LogP contribution is -2.22. The molecule has 0 atom stereocenters. The molecule has 4 nitrogen and oxygen atoms in total. The number of nitrogens with zero attached hydrogens (tertiary/aromatic N) is 2. The van der Waals surface area contributed by atoms with E-state index >= 15 is 0 Å². The predicted molar refractivity (Wildman–Crippen MR) is 170 cm³/mol. The zero-order valence-electron chi connectivity index (χ0n) is 22.8. The van der Waals surface area contributed by atoms with Gasteiger partial charge < -0.3 is 10.0 Å². The standard InChI is InChI=1S/C35H28N2O2S2/c1-3-35(4-2)29-20-28(19-24(22-36)34(38)39)40-32(29)33-30(35)21-31(41-33)23-15-17-27(18-16-23)37(25-11-7-5-8-12-25)26-13-9-6-10-14-26/h5-21H,3-4H2,1-2H3,(H,38,39)/b24-19-. The summed E-state index contributed by atoms with van der Waals surface area (Å²) in [5.41, 5.74) is 6.74. The van der Waals surface area contributed by atoms with Crippen LogP contribution in [0.25, 0.3) is 26.3 Å². The van der Waals surface area contributed by atoms with Crippen molar-refractivity contribution in [3.05, 3.63) is 119 Å². The van der Waals surface area contributed by atoms with Crippen molar-refractivity contribution in [1.82, 2.24) is 0 Å². The first-order valence-electron chi connectivity index (χ1n) is 13.6. The van der Waals surface area contributed by atoms with E-state index in [4.69, 9.17) is 0 Å². The van der Waals surface area contributed by atoms with Crippen LogP contribution >= 0.6 is 22.7 Å². The molecule has 1 N–H and O–H groups in total. The smallest absolute Gasteiger partial charge is 0.346 e. The Hall–Kier alpha value is -4.44. The number of hydrogen-bond donors (Lipinski definition) is 1. The number of carbonyl (C=O) groups is 1. The molecular formula is C35H28N2O2S2. The zero-order valence-corrected chi connectivity index (χ0v) is 24.4. The zero-order chi connectivity index (χ0) is 28.6. The summed E-state index contributed by atoms with van der Waals surface area (Å²) in [5.74, 6) is -1.20. The van der Waals surface area contributed by atoms with E-state index in [1.54, 1.807) is 22.7 Å². The molecule has 0 saturated carbocycles. The normalized spacial score (nSPS) is 13.3. The number of para-hydroxylation sites is 2. The molecule has 0 spiro atoms. The van der Waals surface area contributed by atoms with E-state index in [9.17, 15) is 15.2 Å². The van der Waals surface area contributed by atoms with Crippen LogP contribution in [0.1, 0.15) is 42.7 Å². The molecule has 3 aromatic carbocycles.